The van der Waals surface area contributed by atoms with Crippen molar-refractivity contribution in [2.24, 2.45) is 0 Å². The number of allylic oxidation sites excluding steroid dienone is 1. The molecule has 1 aliphatic rings. The molecule has 1 aliphatic carbocycles. The standard InChI is InChI=1S/C18H26N2O3S2/c1-20(25(22,23)17-10-8-16(24-2)9-11-17)14-18(21)19-13-12-15-6-4-3-5-7-15/h6,8-11H,3-5,7,12-14H2,1-2H3,(H,19,21). The summed E-state index contributed by atoms with van der Waals surface area (Å²) in [6.07, 6.45) is 9.73. The van der Waals surface area contributed by atoms with E-state index in [9.17, 15) is 13.2 Å². The van der Waals surface area contributed by atoms with Gasteiger partial charge >= 0.3 is 0 Å². The second-order valence-corrected chi connectivity index (χ2v) is 9.07. The van der Waals surface area contributed by atoms with Gasteiger partial charge in [-0.1, -0.05) is 11.6 Å². The molecule has 25 heavy (non-hydrogen) atoms. The van der Waals surface area contributed by atoms with E-state index in [1.54, 1.807) is 36.0 Å². The molecule has 7 heteroatoms. The van der Waals surface area contributed by atoms with Gasteiger partial charge in [-0.15, -0.1) is 11.8 Å². The van der Waals surface area contributed by atoms with Crippen LogP contribution in [0.25, 0.3) is 0 Å². The van der Waals surface area contributed by atoms with Gasteiger partial charge in [0.25, 0.3) is 0 Å². The first kappa shape index (κ1) is 20.0. The number of nitrogens with zero attached hydrogens (tertiary/aromatic N) is 1. The van der Waals surface area contributed by atoms with E-state index in [1.165, 1.54) is 25.5 Å². The van der Waals surface area contributed by atoms with Crippen LogP contribution in [0.15, 0.2) is 45.7 Å². The highest BCUT2D eigenvalue weighted by molar-refractivity contribution is 7.98. The topological polar surface area (TPSA) is 66.5 Å². The second kappa shape index (κ2) is 9.40. The van der Waals surface area contributed by atoms with Crippen LogP contribution >= 0.6 is 11.8 Å². The number of hydrogen-bond donors (Lipinski definition) is 1. The molecule has 1 aromatic carbocycles. The number of amides is 1. The van der Waals surface area contributed by atoms with Gasteiger partial charge in [-0.3, -0.25) is 4.79 Å². The molecule has 0 fully saturated rings. The summed E-state index contributed by atoms with van der Waals surface area (Å²) in [6.45, 7) is 0.382. The summed E-state index contributed by atoms with van der Waals surface area (Å²) in [6, 6.07) is 6.68. The third kappa shape index (κ3) is 5.87. The first-order chi connectivity index (χ1) is 11.9. The van der Waals surface area contributed by atoms with E-state index in [0.29, 0.717) is 6.54 Å². The maximum atomic E-state index is 12.5. The van der Waals surface area contributed by atoms with Crippen molar-refractivity contribution in [2.45, 2.75) is 41.9 Å². The van der Waals surface area contributed by atoms with Gasteiger partial charge in [-0.05, 0) is 62.6 Å². The van der Waals surface area contributed by atoms with Crippen LogP contribution in [-0.4, -0.2) is 45.0 Å². The molecule has 0 atom stereocenters. The van der Waals surface area contributed by atoms with Crippen molar-refractivity contribution in [3.8, 4) is 0 Å². The van der Waals surface area contributed by atoms with Gasteiger partial charge in [0.1, 0.15) is 0 Å². The van der Waals surface area contributed by atoms with Crippen LogP contribution in [0.4, 0.5) is 0 Å². The van der Waals surface area contributed by atoms with Crippen molar-refractivity contribution in [3.63, 3.8) is 0 Å². The Morgan fingerprint density at radius 3 is 2.56 bits per heavy atom. The quantitative estimate of drug-likeness (QED) is 0.554. The zero-order chi connectivity index (χ0) is 18.3. The fourth-order valence-electron chi connectivity index (χ4n) is 2.76. The van der Waals surface area contributed by atoms with E-state index in [1.807, 2.05) is 6.26 Å². The molecule has 0 saturated carbocycles. The van der Waals surface area contributed by atoms with Crippen LogP contribution < -0.4 is 5.32 Å². The molecular formula is C18H26N2O3S2. The van der Waals surface area contributed by atoms with Crippen LogP contribution in [0.5, 0.6) is 0 Å². The average Bonchev–Trinajstić information content (AvgIpc) is 2.62. The molecule has 1 amide bonds. The Balaban J connectivity index is 1.85. The molecule has 5 nitrogen and oxygen atoms in total. The van der Waals surface area contributed by atoms with Crippen molar-refractivity contribution in [2.75, 3.05) is 26.4 Å². The van der Waals surface area contributed by atoms with E-state index in [4.69, 9.17) is 0 Å². The molecule has 1 aromatic rings. The van der Waals surface area contributed by atoms with Crippen molar-refractivity contribution in [3.05, 3.63) is 35.9 Å². The lowest BCUT2D eigenvalue weighted by molar-refractivity contribution is -0.121. The summed E-state index contributed by atoms with van der Waals surface area (Å²) in [5.74, 6) is -0.275. The zero-order valence-electron chi connectivity index (χ0n) is 14.8. The Labute approximate surface area is 154 Å². The minimum Gasteiger partial charge on any atom is -0.355 e. The zero-order valence-corrected chi connectivity index (χ0v) is 16.5. The predicted molar refractivity (Wildman–Crippen MR) is 102 cm³/mol. The molecule has 0 saturated heterocycles. The van der Waals surface area contributed by atoms with E-state index in [0.717, 1.165) is 28.5 Å². The van der Waals surface area contributed by atoms with Crippen LogP contribution in [0.2, 0.25) is 0 Å². The Morgan fingerprint density at radius 2 is 1.96 bits per heavy atom. The maximum absolute atomic E-state index is 12.5. The molecule has 0 bridgehead atoms. The Bertz CT molecular complexity index is 712. The summed E-state index contributed by atoms with van der Waals surface area (Å²) < 4.78 is 26.1. The van der Waals surface area contributed by atoms with E-state index < -0.39 is 10.0 Å². The second-order valence-electron chi connectivity index (χ2n) is 6.14. The normalized spacial score (nSPS) is 15.1. The fourth-order valence-corrected chi connectivity index (χ4v) is 4.30. The Kier molecular flexibility index (Phi) is 7.53. The highest BCUT2D eigenvalue weighted by atomic mass is 32.2. The summed E-state index contributed by atoms with van der Waals surface area (Å²) in [4.78, 5) is 13.2. The number of sulfonamides is 1. The van der Waals surface area contributed by atoms with Gasteiger partial charge in [-0.25, -0.2) is 8.42 Å². The summed E-state index contributed by atoms with van der Waals surface area (Å²) in [5.41, 5.74) is 1.39. The van der Waals surface area contributed by atoms with Gasteiger partial charge in [0, 0.05) is 18.5 Å². The molecular weight excluding hydrogens is 356 g/mol. The highest BCUT2D eigenvalue weighted by Gasteiger charge is 2.22. The van der Waals surface area contributed by atoms with Gasteiger partial charge in [0.05, 0.1) is 11.4 Å². The fraction of sp³-hybridized carbons (Fsp3) is 0.500. The third-order valence-electron chi connectivity index (χ3n) is 4.29. The van der Waals surface area contributed by atoms with Gasteiger partial charge in [0.2, 0.25) is 15.9 Å². The van der Waals surface area contributed by atoms with Crippen molar-refractivity contribution in [1.82, 2.24) is 9.62 Å². The monoisotopic (exact) mass is 382 g/mol. The number of thioether (sulfide) groups is 1. The number of nitrogens with one attached hydrogen (secondary N) is 1. The van der Waals surface area contributed by atoms with Crippen LogP contribution in [-0.2, 0) is 14.8 Å². The number of carbonyl (C=O) groups is 1. The number of hydrogen-bond acceptors (Lipinski definition) is 4. The molecule has 0 unspecified atom stereocenters. The van der Waals surface area contributed by atoms with Gasteiger partial charge < -0.3 is 5.32 Å². The minimum atomic E-state index is -3.65. The summed E-state index contributed by atoms with van der Waals surface area (Å²) in [5, 5.41) is 2.81. The van der Waals surface area contributed by atoms with E-state index in [-0.39, 0.29) is 17.3 Å². The summed E-state index contributed by atoms with van der Waals surface area (Å²) in [7, 11) is -2.22. The summed E-state index contributed by atoms with van der Waals surface area (Å²) >= 11 is 1.55. The first-order valence-corrected chi connectivity index (χ1v) is 11.1. The smallest absolute Gasteiger partial charge is 0.243 e. The minimum absolute atomic E-state index is 0.175. The lowest BCUT2D eigenvalue weighted by Gasteiger charge is -2.17. The number of likely N-dealkylation sites (N-methyl/N-ethyl adjacent to an activating group) is 1. The number of rotatable bonds is 8. The highest BCUT2D eigenvalue weighted by Crippen LogP contribution is 2.20. The molecule has 2 rings (SSSR count). The Morgan fingerprint density at radius 1 is 1.24 bits per heavy atom. The molecule has 0 aliphatic heterocycles. The van der Waals surface area contributed by atoms with Crippen molar-refractivity contribution in [1.29, 1.82) is 0 Å². The van der Waals surface area contributed by atoms with Crippen LogP contribution in [0.3, 0.4) is 0 Å². The van der Waals surface area contributed by atoms with E-state index >= 15 is 0 Å². The van der Waals surface area contributed by atoms with Crippen LogP contribution in [0, 0.1) is 0 Å². The molecule has 0 radical (unpaired) electrons. The third-order valence-corrected chi connectivity index (χ3v) is 6.85. The molecule has 1 N–H and O–H groups in total. The predicted octanol–water partition coefficient (Wildman–Crippen LogP) is 3.04. The SMILES string of the molecule is CSc1ccc(S(=O)(=O)N(C)CC(=O)NCCC2=CCCCC2)cc1. The first-order valence-electron chi connectivity index (χ1n) is 8.48. The maximum Gasteiger partial charge on any atom is 0.243 e. The van der Waals surface area contributed by atoms with Gasteiger partial charge in [-0.2, -0.15) is 4.31 Å². The molecule has 0 heterocycles. The lowest BCUT2D eigenvalue weighted by atomic mass is 9.97. The number of benzene rings is 1. The molecule has 0 spiro atoms. The van der Waals surface area contributed by atoms with E-state index in [2.05, 4.69) is 11.4 Å². The lowest BCUT2D eigenvalue weighted by Crippen LogP contribution is -2.38. The average molecular weight is 383 g/mol. The molecule has 0 aromatic heterocycles. The van der Waals surface area contributed by atoms with Crippen molar-refractivity contribution < 1.29 is 13.2 Å². The molecule has 138 valence electrons. The Hall–Kier alpha value is -1.31. The largest absolute Gasteiger partial charge is 0.355 e. The van der Waals surface area contributed by atoms with Crippen LogP contribution in [0.1, 0.15) is 32.1 Å². The number of carbonyl (C=O) groups excluding carboxylic acids is 1. The van der Waals surface area contributed by atoms with Crippen molar-refractivity contribution >= 4 is 27.7 Å². The van der Waals surface area contributed by atoms with Gasteiger partial charge in [0.15, 0.2) is 0 Å².